The molecule has 0 aromatic heterocycles. The smallest absolute Gasteiger partial charge is 0.262 e. The molecule has 4 aliphatic rings. The Kier molecular flexibility index (Phi) is 4.29. The van der Waals surface area contributed by atoms with Crippen molar-refractivity contribution in [2.45, 2.75) is 62.7 Å². The number of nitrogens with one attached hydrogen (secondary N) is 3. The predicted octanol–water partition coefficient (Wildman–Crippen LogP) is 0.462. The Labute approximate surface area is 168 Å². The summed E-state index contributed by atoms with van der Waals surface area (Å²) in [5, 5.41) is 9.47. The Morgan fingerprint density at radius 2 is 1.97 bits per heavy atom. The second-order valence-corrected chi connectivity index (χ2v) is 8.45. The first-order chi connectivity index (χ1) is 14.0. The van der Waals surface area contributed by atoms with Crippen molar-refractivity contribution in [1.29, 1.82) is 0 Å². The van der Waals surface area contributed by atoms with E-state index in [4.69, 9.17) is 0 Å². The fourth-order valence-electron chi connectivity index (χ4n) is 5.44. The topological polar surface area (TPSA) is 108 Å². The van der Waals surface area contributed by atoms with Crippen molar-refractivity contribution in [2.75, 3.05) is 6.54 Å². The Morgan fingerprint density at radius 1 is 1.10 bits per heavy atom. The number of fused-ring (bicyclic) bond motifs is 2. The molecule has 3 atom stereocenters. The highest BCUT2D eigenvalue weighted by molar-refractivity contribution is 6.24. The van der Waals surface area contributed by atoms with Crippen molar-refractivity contribution in [1.82, 2.24) is 20.9 Å². The molecule has 3 aliphatic heterocycles. The van der Waals surface area contributed by atoms with E-state index in [0.29, 0.717) is 23.7 Å². The number of piperidine rings is 1. The summed E-state index contributed by atoms with van der Waals surface area (Å²) < 4.78 is 0. The van der Waals surface area contributed by atoms with E-state index >= 15 is 0 Å². The number of hydrogen-bond donors (Lipinski definition) is 3. The largest absolute Gasteiger partial charge is 0.312 e. The highest BCUT2D eigenvalue weighted by Crippen LogP contribution is 2.37. The van der Waals surface area contributed by atoms with Gasteiger partial charge in [0.2, 0.25) is 11.8 Å². The van der Waals surface area contributed by atoms with Gasteiger partial charge in [0, 0.05) is 24.5 Å². The van der Waals surface area contributed by atoms with Gasteiger partial charge in [-0.15, -0.1) is 0 Å². The van der Waals surface area contributed by atoms with E-state index in [9.17, 15) is 19.2 Å². The number of rotatable bonds is 4. The van der Waals surface area contributed by atoms with Gasteiger partial charge in [-0.05, 0) is 50.3 Å². The van der Waals surface area contributed by atoms with Crippen molar-refractivity contribution >= 4 is 23.6 Å². The molecule has 3 N–H and O–H groups in total. The maximum absolute atomic E-state index is 13.2. The number of imide groups is 2. The van der Waals surface area contributed by atoms with Crippen molar-refractivity contribution in [3.05, 3.63) is 34.9 Å². The van der Waals surface area contributed by atoms with Crippen LogP contribution in [0.25, 0.3) is 0 Å². The average molecular weight is 396 g/mol. The van der Waals surface area contributed by atoms with Gasteiger partial charge < -0.3 is 10.6 Å². The van der Waals surface area contributed by atoms with Gasteiger partial charge in [-0.25, -0.2) is 0 Å². The summed E-state index contributed by atoms with van der Waals surface area (Å²) in [6.07, 6.45) is 4.78. The minimum absolute atomic E-state index is 0.0533. The molecule has 8 heteroatoms. The molecular weight excluding hydrogens is 372 g/mol. The van der Waals surface area contributed by atoms with Crippen LogP contribution in [0.1, 0.15) is 64.8 Å². The molecule has 1 aromatic carbocycles. The number of hydrogen-bond acceptors (Lipinski definition) is 6. The zero-order chi connectivity index (χ0) is 20.2. The zero-order valence-corrected chi connectivity index (χ0v) is 16.1. The normalized spacial score (nSPS) is 31.2. The third-order valence-corrected chi connectivity index (χ3v) is 6.93. The van der Waals surface area contributed by atoms with Crippen LogP contribution >= 0.6 is 0 Å². The second-order valence-electron chi connectivity index (χ2n) is 8.45. The van der Waals surface area contributed by atoms with Gasteiger partial charge in [-0.1, -0.05) is 12.1 Å². The van der Waals surface area contributed by atoms with Gasteiger partial charge >= 0.3 is 0 Å². The lowest BCUT2D eigenvalue weighted by molar-refractivity contribution is -0.136. The maximum atomic E-state index is 13.2. The minimum Gasteiger partial charge on any atom is -0.312 e. The summed E-state index contributed by atoms with van der Waals surface area (Å²) >= 11 is 0. The van der Waals surface area contributed by atoms with Crippen LogP contribution in [0.3, 0.4) is 0 Å². The molecule has 1 aliphatic carbocycles. The highest BCUT2D eigenvalue weighted by Gasteiger charge is 2.47. The first-order valence-electron chi connectivity index (χ1n) is 10.3. The van der Waals surface area contributed by atoms with E-state index in [1.165, 1.54) is 6.42 Å². The van der Waals surface area contributed by atoms with Crippen LogP contribution in [-0.2, 0) is 16.1 Å². The van der Waals surface area contributed by atoms with Gasteiger partial charge in [0.1, 0.15) is 6.04 Å². The summed E-state index contributed by atoms with van der Waals surface area (Å²) in [6, 6.07) is 4.81. The van der Waals surface area contributed by atoms with Gasteiger partial charge in [0.25, 0.3) is 11.8 Å². The Balaban J connectivity index is 1.40. The minimum atomic E-state index is -0.933. The highest BCUT2D eigenvalue weighted by atomic mass is 16.2. The van der Waals surface area contributed by atoms with E-state index in [0.717, 1.165) is 36.3 Å². The third-order valence-electron chi connectivity index (χ3n) is 6.93. The first-order valence-corrected chi connectivity index (χ1v) is 10.3. The third kappa shape index (κ3) is 2.81. The Hall–Kier alpha value is -2.58. The van der Waals surface area contributed by atoms with Crippen LogP contribution < -0.4 is 16.0 Å². The van der Waals surface area contributed by atoms with Crippen LogP contribution in [0, 0.1) is 0 Å². The fraction of sp³-hybridized carbons (Fsp3) is 0.524. The van der Waals surface area contributed by atoms with Crippen molar-refractivity contribution in [3.63, 3.8) is 0 Å². The van der Waals surface area contributed by atoms with Crippen LogP contribution in [0.4, 0.5) is 0 Å². The van der Waals surface area contributed by atoms with E-state index in [1.54, 1.807) is 12.1 Å². The summed E-state index contributed by atoms with van der Waals surface area (Å²) in [6.45, 7) is 1.49. The van der Waals surface area contributed by atoms with Gasteiger partial charge in [-0.3, -0.25) is 29.4 Å². The molecule has 4 amide bonds. The summed E-state index contributed by atoms with van der Waals surface area (Å²) in [4.78, 5) is 50.8. The Morgan fingerprint density at radius 3 is 2.79 bits per heavy atom. The summed E-state index contributed by atoms with van der Waals surface area (Å²) in [5.41, 5.74) is 1.55. The molecule has 1 aromatic rings. The molecule has 0 spiro atoms. The molecule has 152 valence electrons. The van der Waals surface area contributed by atoms with Crippen LogP contribution in [-0.4, -0.2) is 52.7 Å². The molecule has 3 fully saturated rings. The summed E-state index contributed by atoms with van der Waals surface area (Å²) in [7, 11) is 0. The SMILES string of the molecule is O=C1CCC(N2C(=O)c3cccc(CNC45CCCC4NCC5)c3C2=O)C(=O)N1. The van der Waals surface area contributed by atoms with Crippen LogP contribution in [0.5, 0.6) is 0 Å². The van der Waals surface area contributed by atoms with E-state index in [2.05, 4.69) is 16.0 Å². The van der Waals surface area contributed by atoms with E-state index < -0.39 is 23.8 Å². The molecule has 3 heterocycles. The number of amides is 4. The van der Waals surface area contributed by atoms with Gasteiger partial charge in [0.05, 0.1) is 11.1 Å². The number of carbonyl (C=O) groups excluding carboxylic acids is 4. The lowest BCUT2D eigenvalue weighted by atomic mass is 9.92. The number of nitrogens with zero attached hydrogens (tertiary/aromatic N) is 1. The lowest BCUT2D eigenvalue weighted by Crippen LogP contribution is -2.54. The molecular formula is C21H24N4O4. The van der Waals surface area contributed by atoms with Crippen molar-refractivity contribution in [3.8, 4) is 0 Å². The molecule has 29 heavy (non-hydrogen) atoms. The van der Waals surface area contributed by atoms with Gasteiger partial charge in [0.15, 0.2) is 0 Å². The fourth-order valence-corrected chi connectivity index (χ4v) is 5.44. The molecule has 8 nitrogen and oxygen atoms in total. The standard InChI is InChI=1S/C21H24N4O4/c26-16-7-6-14(18(27)24-16)25-19(28)13-4-1-3-12(17(13)20(25)29)11-23-21-8-2-5-15(21)22-10-9-21/h1,3-4,14-15,22-23H,2,5-11H2,(H,24,26,27). The number of benzene rings is 1. The summed E-state index contributed by atoms with van der Waals surface area (Å²) in [5.74, 6) is -1.86. The predicted molar refractivity (Wildman–Crippen MR) is 103 cm³/mol. The molecule has 0 bridgehead atoms. The van der Waals surface area contributed by atoms with E-state index in [-0.39, 0.29) is 24.3 Å². The van der Waals surface area contributed by atoms with E-state index in [1.807, 2.05) is 6.07 Å². The first kappa shape index (κ1) is 18.4. The molecule has 5 rings (SSSR count). The zero-order valence-electron chi connectivity index (χ0n) is 16.1. The Bertz CT molecular complexity index is 917. The van der Waals surface area contributed by atoms with Crippen molar-refractivity contribution in [2.24, 2.45) is 0 Å². The lowest BCUT2D eigenvalue weighted by Gasteiger charge is -2.31. The quantitative estimate of drug-likeness (QED) is 0.639. The second kappa shape index (κ2) is 6.74. The molecule has 3 unspecified atom stereocenters. The molecule has 0 radical (unpaired) electrons. The maximum Gasteiger partial charge on any atom is 0.262 e. The van der Waals surface area contributed by atoms with Crippen molar-refractivity contribution < 1.29 is 19.2 Å². The van der Waals surface area contributed by atoms with Gasteiger partial charge in [-0.2, -0.15) is 0 Å². The molecule has 2 saturated heterocycles. The van der Waals surface area contributed by atoms with Crippen LogP contribution in [0.2, 0.25) is 0 Å². The van der Waals surface area contributed by atoms with Crippen LogP contribution in [0.15, 0.2) is 18.2 Å². The average Bonchev–Trinajstić information content (AvgIpc) is 3.34. The molecule has 1 saturated carbocycles. The monoisotopic (exact) mass is 396 g/mol. The number of carbonyl (C=O) groups is 4.